The van der Waals surface area contributed by atoms with Gasteiger partial charge in [-0.25, -0.2) is 0 Å². The normalized spacial score (nSPS) is 17.1. The van der Waals surface area contributed by atoms with E-state index in [9.17, 15) is 9.59 Å². The van der Waals surface area contributed by atoms with Crippen LogP contribution in [0.2, 0.25) is 0 Å². The van der Waals surface area contributed by atoms with Gasteiger partial charge < -0.3 is 10.4 Å². The highest BCUT2D eigenvalue weighted by Gasteiger charge is 2.16. The standard InChI is InChI=1S/C13H21NO3/c1-2-11(13(16)17)9-14-12(15)8-10-6-4-3-5-7-10/h6,11H,2-5,7-9H2,1H3,(H,14,15)(H,16,17). The summed E-state index contributed by atoms with van der Waals surface area (Å²) in [6.07, 6.45) is 7.54. The van der Waals surface area contributed by atoms with Crippen molar-refractivity contribution in [3.8, 4) is 0 Å². The van der Waals surface area contributed by atoms with Crippen molar-refractivity contribution in [2.75, 3.05) is 6.54 Å². The number of aliphatic carboxylic acids is 1. The van der Waals surface area contributed by atoms with Crippen LogP contribution in [-0.2, 0) is 9.59 Å². The van der Waals surface area contributed by atoms with Crippen molar-refractivity contribution in [1.82, 2.24) is 5.32 Å². The van der Waals surface area contributed by atoms with E-state index >= 15 is 0 Å². The Morgan fingerprint density at radius 2 is 2.24 bits per heavy atom. The van der Waals surface area contributed by atoms with E-state index in [1.807, 2.05) is 6.92 Å². The molecule has 0 saturated carbocycles. The van der Waals surface area contributed by atoms with Crippen LogP contribution in [0.25, 0.3) is 0 Å². The molecule has 1 aliphatic carbocycles. The van der Waals surface area contributed by atoms with Gasteiger partial charge in [0.15, 0.2) is 0 Å². The van der Waals surface area contributed by atoms with Crippen molar-refractivity contribution in [1.29, 1.82) is 0 Å². The molecule has 0 fully saturated rings. The molecule has 0 heterocycles. The molecule has 0 aromatic carbocycles. The number of rotatable bonds is 6. The summed E-state index contributed by atoms with van der Waals surface area (Å²) in [6, 6.07) is 0. The molecule has 17 heavy (non-hydrogen) atoms. The Bertz CT molecular complexity index is 310. The fraction of sp³-hybridized carbons (Fsp3) is 0.692. The van der Waals surface area contributed by atoms with Crippen LogP contribution >= 0.6 is 0 Å². The van der Waals surface area contributed by atoms with Crippen molar-refractivity contribution in [2.24, 2.45) is 5.92 Å². The minimum absolute atomic E-state index is 0.0575. The summed E-state index contributed by atoms with van der Waals surface area (Å²) in [7, 11) is 0. The van der Waals surface area contributed by atoms with Gasteiger partial charge in [0.05, 0.1) is 5.92 Å². The number of carbonyl (C=O) groups excluding carboxylic acids is 1. The van der Waals surface area contributed by atoms with Crippen LogP contribution in [-0.4, -0.2) is 23.5 Å². The van der Waals surface area contributed by atoms with E-state index in [0.29, 0.717) is 12.8 Å². The Balaban J connectivity index is 2.29. The van der Waals surface area contributed by atoms with E-state index in [1.165, 1.54) is 12.0 Å². The summed E-state index contributed by atoms with van der Waals surface area (Å²) in [5, 5.41) is 11.5. The van der Waals surface area contributed by atoms with Crippen LogP contribution in [0.1, 0.15) is 45.4 Å². The average molecular weight is 239 g/mol. The van der Waals surface area contributed by atoms with E-state index in [1.54, 1.807) is 0 Å². The third kappa shape index (κ3) is 5.02. The highest BCUT2D eigenvalue weighted by Crippen LogP contribution is 2.19. The summed E-state index contributed by atoms with van der Waals surface area (Å²) in [5.41, 5.74) is 1.19. The summed E-state index contributed by atoms with van der Waals surface area (Å²) in [5.74, 6) is -1.37. The lowest BCUT2D eigenvalue weighted by Crippen LogP contribution is -2.32. The Morgan fingerprint density at radius 1 is 1.47 bits per heavy atom. The zero-order valence-electron chi connectivity index (χ0n) is 10.4. The van der Waals surface area contributed by atoms with Crippen LogP contribution in [0, 0.1) is 5.92 Å². The van der Waals surface area contributed by atoms with E-state index in [0.717, 1.165) is 19.3 Å². The number of allylic oxidation sites excluding steroid dienone is 1. The fourth-order valence-electron chi connectivity index (χ4n) is 1.98. The van der Waals surface area contributed by atoms with Gasteiger partial charge in [0.1, 0.15) is 0 Å². The molecule has 1 amide bonds. The van der Waals surface area contributed by atoms with Gasteiger partial charge in [-0.2, -0.15) is 0 Å². The van der Waals surface area contributed by atoms with Gasteiger partial charge in [-0.05, 0) is 32.1 Å². The molecular formula is C13H21NO3. The molecule has 0 saturated heterocycles. The first kappa shape index (κ1) is 13.7. The largest absolute Gasteiger partial charge is 0.481 e. The Morgan fingerprint density at radius 3 is 2.76 bits per heavy atom. The number of carbonyl (C=O) groups is 2. The van der Waals surface area contributed by atoms with Crippen LogP contribution in [0.3, 0.4) is 0 Å². The van der Waals surface area contributed by atoms with Crippen molar-refractivity contribution in [3.63, 3.8) is 0 Å². The van der Waals surface area contributed by atoms with E-state index in [2.05, 4.69) is 11.4 Å². The highest BCUT2D eigenvalue weighted by atomic mass is 16.4. The first-order valence-corrected chi connectivity index (χ1v) is 6.31. The maximum atomic E-state index is 11.6. The zero-order valence-corrected chi connectivity index (χ0v) is 10.4. The first-order valence-electron chi connectivity index (χ1n) is 6.31. The molecule has 1 aliphatic rings. The van der Waals surface area contributed by atoms with Crippen molar-refractivity contribution in [2.45, 2.75) is 45.4 Å². The molecule has 0 radical (unpaired) electrons. The number of carboxylic acids is 1. The third-order valence-corrected chi connectivity index (χ3v) is 3.16. The molecule has 1 unspecified atom stereocenters. The van der Waals surface area contributed by atoms with Gasteiger partial charge in [-0.1, -0.05) is 18.6 Å². The van der Waals surface area contributed by atoms with E-state index in [4.69, 9.17) is 5.11 Å². The minimum atomic E-state index is -0.843. The average Bonchev–Trinajstić information content (AvgIpc) is 2.30. The number of hydrogen-bond donors (Lipinski definition) is 2. The van der Waals surface area contributed by atoms with Gasteiger partial charge in [0.2, 0.25) is 5.91 Å². The zero-order chi connectivity index (χ0) is 12.7. The minimum Gasteiger partial charge on any atom is -0.481 e. The van der Waals surface area contributed by atoms with Crippen LogP contribution in [0.5, 0.6) is 0 Å². The molecule has 2 N–H and O–H groups in total. The monoisotopic (exact) mass is 239 g/mol. The number of nitrogens with one attached hydrogen (secondary N) is 1. The first-order chi connectivity index (χ1) is 8.13. The second kappa shape index (κ2) is 7.09. The van der Waals surface area contributed by atoms with Gasteiger partial charge in [-0.3, -0.25) is 9.59 Å². The molecule has 4 heteroatoms. The lowest BCUT2D eigenvalue weighted by Gasteiger charge is -2.14. The van der Waals surface area contributed by atoms with Gasteiger partial charge in [0, 0.05) is 13.0 Å². The van der Waals surface area contributed by atoms with E-state index in [-0.39, 0.29) is 12.5 Å². The predicted molar refractivity (Wildman–Crippen MR) is 65.6 cm³/mol. The molecule has 1 atom stereocenters. The maximum absolute atomic E-state index is 11.6. The number of amides is 1. The molecule has 1 rings (SSSR count). The number of hydrogen-bond acceptors (Lipinski definition) is 2. The summed E-state index contributed by atoms with van der Waals surface area (Å²) >= 11 is 0. The molecular weight excluding hydrogens is 218 g/mol. The van der Waals surface area contributed by atoms with Crippen LogP contribution in [0.15, 0.2) is 11.6 Å². The highest BCUT2D eigenvalue weighted by molar-refractivity contribution is 5.79. The van der Waals surface area contributed by atoms with Crippen LogP contribution < -0.4 is 5.32 Å². The van der Waals surface area contributed by atoms with Crippen molar-refractivity contribution >= 4 is 11.9 Å². The van der Waals surface area contributed by atoms with E-state index < -0.39 is 11.9 Å². The smallest absolute Gasteiger partial charge is 0.308 e. The van der Waals surface area contributed by atoms with Crippen LogP contribution in [0.4, 0.5) is 0 Å². The number of carboxylic acid groups (broad SMARTS) is 1. The lowest BCUT2D eigenvalue weighted by molar-refractivity contribution is -0.141. The predicted octanol–water partition coefficient (Wildman–Crippen LogP) is 2.10. The molecule has 0 aliphatic heterocycles. The SMILES string of the molecule is CCC(CNC(=O)CC1=CCCCC1)C(=O)O. The van der Waals surface area contributed by atoms with Crippen molar-refractivity contribution < 1.29 is 14.7 Å². The quantitative estimate of drug-likeness (QED) is 0.697. The molecule has 96 valence electrons. The molecule has 4 nitrogen and oxygen atoms in total. The summed E-state index contributed by atoms with van der Waals surface area (Å²) in [6.45, 7) is 2.05. The maximum Gasteiger partial charge on any atom is 0.308 e. The second-order valence-corrected chi connectivity index (χ2v) is 4.53. The van der Waals surface area contributed by atoms with Crippen molar-refractivity contribution in [3.05, 3.63) is 11.6 Å². The third-order valence-electron chi connectivity index (χ3n) is 3.16. The van der Waals surface area contributed by atoms with Gasteiger partial charge in [-0.15, -0.1) is 0 Å². The van der Waals surface area contributed by atoms with Gasteiger partial charge >= 0.3 is 5.97 Å². The fourth-order valence-corrected chi connectivity index (χ4v) is 1.98. The Kier molecular flexibility index (Phi) is 5.73. The lowest BCUT2D eigenvalue weighted by atomic mass is 9.97. The molecule has 0 aromatic rings. The van der Waals surface area contributed by atoms with Gasteiger partial charge in [0.25, 0.3) is 0 Å². The molecule has 0 spiro atoms. The topological polar surface area (TPSA) is 66.4 Å². The Hall–Kier alpha value is -1.32. The summed E-state index contributed by atoms with van der Waals surface area (Å²) < 4.78 is 0. The molecule has 0 bridgehead atoms. The summed E-state index contributed by atoms with van der Waals surface area (Å²) in [4.78, 5) is 22.4. The molecule has 0 aromatic heterocycles. The Labute approximate surface area is 102 Å². The second-order valence-electron chi connectivity index (χ2n) is 4.53.